The van der Waals surface area contributed by atoms with Crippen LogP contribution in [0.25, 0.3) is 0 Å². The fourth-order valence-electron chi connectivity index (χ4n) is 4.10. The largest absolute Gasteiger partial charge is 0.372 e. The normalized spacial score (nSPS) is 22.5. The highest BCUT2D eigenvalue weighted by molar-refractivity contribution is 5.47. The molecule has 2 aliphatic heterocycles. The van der Waals surface area contributed by atoms with Gasteiger partial charge in [0, 0.05) is 31.9 Å². The summed E-state index contributed by atoms with van der Waals surface area (Å²) in [6.07, 6.45) is 17.4. The van der Waals surface area contributed by atoms with Crippen molar-refractivity contribution < 1.29 is 4.79 Å². The Morgan fingerprint density at radius 1 is 1.04 bits per heavy atom. The van der Waals surface area contributed by atoms with Gasteiger partial charge in [0.2, 0.25) is 6.41 Å². The summed E-state index contributed by atoms with van der Waals surface area (Å²) >= 11 is 0. The molecule has 0 aromatic heterocycles. The van der Waals surface area contributed by atoms with E-state index >= 15 is 0 Å². The van der Waals surface area contributed by atoms with E-state index in [1.165, 1.54) is 56.5 Å². The number of amides is 1. The van der Waals surface area contributed by atoms with Crippen LogP contribution < -0.4 is 0 Å². The van der Waals surface area contributed by atoms with Crippen molar-refractivity contribution in [3.63, 3.8) is 0 Å². The molecule has 3 heteroatoms. The molecule has 0 unspecified atom stereocenters. The lowest BCUT2D eigenvalue weighted by atomic mass is 9.79. The zero-order valence-electron chi connectivity index (χ0n) is 16.4. The number of likely N-dealkylation sites (tertiary alicyclic amines) is 2. The summed E-state index contributed by atoms with van der Waals surface area (Å²) in [7, 11) is 0. The average molecular weight is 345 g/mol. The van der Waals surface area contributed by atoms with E-state index in [0.29, 0.717) is 0 Å². The van der Waals surface area contributed by atoms with E-state index in [9.17, 15) is 4.79 Å². The van der Waals surface area contributed by atoms with Gasteiger partial charge in [0.05, 0.1) is 0 Å². The topological polar surface area (TPSA) is 23.6 Å². The smallest absolute Gasteiger partial charge is 0.209 e. The molecule has 0 aromatic carbocycles. The summed E-state index contributed by atoms with van der Waals surface area (Å²) in [5, 5.41) is 0. The number of hydrogen-bond donors (Lipinski definition) is 0. The van der Waals surface area contributed by atoms with Crippen LogP contribution in [-0.2, 0) is 4.79 Å². The molecule has 0 bridgehead atoms. The van der Waals surface area contributed by atoms with Gasteiger partial charge in [-0.25, -0.2) is 0 Å². The van der Waals surface area contributed by atoms with E-state index in [-0.39, 0.29) is 0 Å². The lowest BCUT2D eigenvalue weighted by molar-refractivity contribution is -0.119. The van der Waals surface area contributed by atoms with E-state index in [4.69, 9.17) is 0 Å². The third-order valence-corrected chi connectivity index (χ3v) is 5.53. The van der Waals surface area contributed by atoms with Crippen LogP contribution in [-0.4, -0.2) is 42.4 Å². The third kappa shape index (κ3) is 6.05. The van der Waals surface area contributed by atoms with Crippen LogP contribution in [0.15, 0.2) is 35.6 Å². The molecule has 25 heavy (non-hydrogen) atoms. The van der Waals surface area contributed by atoms with Gasteiger partial charge in [-0.15, -0.1) is 0 Å². The Labute approximate surface area is 154 Å². The summed E-state index contributed by atoms with van der Waals surface area (Å²) in [5.74, 6) is 1.69. The molecule has 0 spiro atoms. The fraction of sp³-hybridized carbons (Fsp3) is 0.682. The molecule has 0 saturated carbocycles. The van der Waals surface area contributed by atoms with E-state index in [0.717, 1.165) is 37.8 Å². The quantitative estimate of drug-likeness (QED) is 0.688. The zero-order chi connectivity index (χ0) is 18.1. The van der Waals surface area contributed by atoms with Gasteiger partial charge in [-0.3, -0.25) is 4.79 Å². The summed E-state index contributed by atoms with van der Waals surface area (Å²) in [5.41, 5.74) is 2.84. The van der Waals surface area contributed by atoms with Crippen molar-refractivity contribution in [1.82, 2.24) is 9.80 Å². The Morgan fingerprint density at radius 2 is 1.60 bits per heavy atom. The molecule has 3 rings (SSSR count). The molecule has 2 fully saturated rings. The molecule has 140 valence electrons. The van der Waals surface area contributed by atoms with Gasteiger partial charge in [0.25, 0.3) is 0 Å². The van der Waals surface area contributed by atoms with Crippen molar-refractivity contribution >= 4 is 6.41 Å². The first-order valence-electron chi connectivity index (χ1n) is 10.2. The van der Waals surface area contributed by atoms with Gasteiger partial charge in [-0.2, -0.15) is 0 Å². The lowest BCUT2D eigenvalue weighted by Gasteiger charge is -2.40. The SMILES string of the molecule is CC1=CC(N2CCC(C3CCN(C=O)CC3)CC2)=CC=CC1.CCC. The highest BCUT2D eigenvalue weighted by atomic mass is 16.1. The third-order valence-electron chi connectivity index (χ3n) is 5.53. The Kier molecular flexibility index (Phi) is 8.30. The molecule has 3 nitrogen and oxygen atoms in total. The minimum atomic E-state index is 0.832. The molecule has 0 N–H and O–H groups in total. The Bertz CT molecular complexity index is 490. The van der Waals surface area contributed by atoms with Crippen LogP contribution in [0.1, 0.15) is 59.3 Å². The van der Waals surface area contributed by atoms with Crippen LogP contribution >= 0.6 is 0 Å². The van der Waals surface area contributed by atoms with Crippen molar-refractivity contribution in [3.05, 3.63) is 35.6 Å². The van der Waals surface area contributed by atoms with Gasteiger partial charge in [0.15, 0.2) is 0 Å². The van der Waals surface area contributed by atoms with E-state index in [2.05, 4.69) is 50.0 Å². The average Bonchev–Trinajstić information content (AvgIpc) is 2.87. The number of hydrogen-bond acceptors (Lipinski definition) is 2. The zero-order valence-corrected chi connectivity index (χ0v) is 16.4. The van der Waals surface area contributed by atoms with Gasteiger partial charge in [-0.1, -0.05) is 38.0 Å². The number of allylic oxidation sites excluding steroid dienone is 5. The second kappa shape index (κ2) is 10.5. The summed E-state index contributed by atoms with van der Waals surface area (Å²) in [6, 6.07) is 0. The van der Waals surface area contributed by atoms with Crippen molar-refractivity contribution in [2.45, 2.75) is 59.3 Å². The molecule has 2 heterocycles. The lowest BCUT2D eigenvalue weighted by Crippen LogP contribution is -2.40. The highest BCUT2D eigenvalue weighted by Gasteiger charge is 2.29. The number of carbonyl (C=O) groups is 1. The molecular weight excluding hydrogens is 308 g/mol. The maximum atomic E-state index is 10.8. The number of rotatable bonds is 3. The Balaban J connectivity index is 0.000000701. The predicted molar refractivity (Wildman–Crippen MR) is 106 cm³/mol. The van der Waals surface area contributed by atoms with Crippen LogP contribution in [0.5, 0.6) is 0 Å². The second-order valence-corrected chi connectivity index (χ2v) is 7.72. The maximum Gasteiger partial charge on any atom is 0.209 e. The number of piperidine rings is 2. The molecule has 2 saturated heterocycles. The summed E-state index contributed by atoms with van der Waals surface area (Å²) < 4.78 is 0. The first-order valence-corrected chi connectivity index (χ1v) is 10.2. The number of nitrogens with zero attached hydrogens (tertiary/aromatic N) is 2. The van der Waals surface area contributed by atoms with Crippen LogP contribution in [0.4, 0.5) is 0 Å². The van der Waals surface area contributed by atoms with Crippen LogP contribution in [0, 0.1) is 11.8 Å². The molecule has 1 amide bonds. The first-order chi connectivity index (χ1) is 12.2. The molecule has 0 radical (unpaired) electrons. The summed E-state index contributed by atoms with van der Waals surface area (Å²) in [6.45, 7) is 10.8. The van der Waals surface area contributed by atoms with E-state index in [1.807, 2.05) is 4.90 Å². The van der Waals surface area contributed by atoms with E-state index < -0.39 is 0 Å². The fourth-order valence-corrected chi connectivity index (χ4v) is 4.10. The minimum absolute atomic E-state index is 0.832. The van der Waals surface area contributed by atoms with Gasteiger partial charge in [-0.05, 0) is 63.0 Å². The van der Waals surface area contributed by atoms with Crippen LogP contribution in [0.2, 0.25) is 0 Å². The van der Waals surface area contributed by atoms with Crippen LogP contribution in [0.3, 0.4) is 0 Å². The summed E-state index contributed by atoms with van der Waals surface area (Å²) in [4.78, 5) is 15.3. The monoisotopic (exact) mass is 344 g/mol. The van der Waals surface area contributed by atoms with Gasteiger partial charge in [0.1, 0.15) is 0 Å². The van der Waals surface area contributed by atoms with Crippen molar-refractivity contribution in [2.24, 2.45) is 11.8 Å². The molecule has 3 aliphatic rings. The molecule has 0 atom stereocenters. The second-order valence-electron chi connectivity index (χ2n) is 7.72. The van der Waals surface area contributed by atoms with Crippen molar-refractivity contribution in [3.8, 4) is 0 Å². The molecule has 1 aliphatic carbocycles. The van der Waals surface area contributed by atoms with Gasteiger partial charge >= 0.3 is 0 Å². The Hall–Kier alpha value is -1.51. The minimum Gasteiger partial charge on any atom is -0.372 e. The molecular formula is C22H36N2O. The first kappa shape index (κ1) is 19.8. The molecule has 0 aromatic rings. The maximum absolute atomic E-state index is 10.8. The standard InChI is InChI=1S/C19H28N2O.C3H8/c1-16-4-2-3-5-19(14-16)21-12-8-18(9-13-21)17-6-10-20(15-22)11-7-17;1-3-2/h2-3,5,14-15,17-18H,4,6-13H2,1H3;3H2,1-2H3. The highest BCUT2D eigenvalue weighted by Crippen LogP contribution is 2.33. The predicted octanol–water partition coefficient (Wildman–Crippen LogP) is 4.77. The van der Waals surface area contributed by atoms with Crippen molar-refractivity contribution in [2.75, 3.05) is 26.2 Å². The van der Waals surface area contributed by atoms with E-state index in [1.54, 1.807) is 0 Å². The Morgan fingerprint density at radius 3 is 2.16 bits per heavy atom. The number of carbonyl (C=O) groups excluding carboxylic acids is 1. The van der Waals surface area contributed by atoms with Gasteiger partial charge < -0.3 is 9.80 Å². The van der Waals surface area contributed by atoms with Crippen molar-refractivity contribution in [1.29, 1.82) is 0 Å².